The van der Waals surface area contributed by atoms with Crippen LogP contribution in [-0.4, -0.2) is 44.6 Å². The van der Waals surface area contributed by atoms with Gasteiger partial charge in [0.25, 0.3) is 5.91 Å². The Hall–Kier alpha value is -1.69. The summed E-state index contributed by atoms with van der Waals surface area (Å²) in [4.78, 5) is 22.4. The summed E-state index contributed by atoms with van der Waals surface area (Å²) >= 11 is 0. The van der Waals surface area contributed by atoms with Crippen molar-refractivity contribution in [3.8, 4) is 0 Å². The number of aromatic nitrogens is 2. The van der Waals surface area contributed by atoms with Crippen LogP contribution in [0.5, 0.6) is 0 Å². The molecule has 2 heterocycles. The van der Waals surface area contributed by atoms with Gasteiger partial charge >= 0.3 is 0 Å². The number of hydrogen-bond acceptors (Lipinski definition) is 5. The zero-order valence-corrected chi connectivity index (χ0v) is 12.4. The fourth-order valence-electron chi connectivity index (χ4n) is 3.62. The van der Waals surface area contributed by atoms with Crippen molar-refractivity contribution in [2.75, 3.05) is 18.8 Å². The van der Waals surface area contributed by atoms with Gasteiger partial charge in [0, 0.05) is 25.2 Å². The lowest BCUT2D eigenvalue weighted by atomic mass is 9.71. The number of fused-ring (bicyclic) bond motifs is 1. The molecule has 1 amide bonds. The van der Waals surface area contributed by atoms with Crippen molar-refractivity contribution in [1.82, 2.24) is 14.9 Å². The highest BCUT2D eigenvalue weighted by molar-refractivity contribution is 5.95. The summed E-state index contributed by atoms with van der Waals surface area (Å²) in [7, 11) is 0. The molecular formula is C15H22N4O2. The molecule has 1 aromatic heterocycles. The Morgan fingerprint density at radius 2 is 2.29 bits per heavy atom. The van der Waals surface area contributed by atoms with Gasteiger partial charge in [-0.05, 0) is 26.2 Å². The predicted octanol–water partition coefficient (Wildman–Crippen LogP) is 1.13. The van der Waals surface area contributed by atoms with Gasteiger partial charge in [-0.3, -0.25) is 4.79 Å². The van der Waals surface area contributed by atoms with Crippen LogP contribution in [0, 0.1) is 12.8 Å². The van der Waals surface area contributed by atoms with E-state index in [4.69, 9.17) is 5.73 Å². The van der Waals surface area contributed by atoms with Gasteiger partial charge in [-0.2, -0.15) is 0 Å². The summed E-state index contributed by atoms with van der Waals surface area (Å²) in [5, 5.41) is 10.7. The topological polar surface area (TPSA) is 92.3 Å². The van der Waals surface area contributed by atoms with Crippen molar-refractivity contribution in [3.05, 3.63) is 17.5 Å². The van der Waals surface area contributed by atoms with Gasteiger partial charge in [-0.1, -0.05) is 12.8 Å². The number of nitrogen functional groups attached to an aromatic ring is 1. The van der Waals surface area contributed by atoms with Crippen molar-refractivity contribution in [3.63, 3.8) is 0 Å². The smallest absolute Gasteiger partial charge is 0.257 e. The molecule has 1 saturated heterocycles. The maximum atomic E-state index is 12.6. The van der Waals surface area contributed by atoms with Crippen LogP contribution in [-0.2, 0) is 0 Å². The molecule has 6 heteroatoms. The van der Waals surface area contributed by atoms with Gasteiger partial charge in [-0.25, -0.2) is 9.97 Å². The van der Waals surface area contributed by atoms with Crippen LogP contribution in [0.3, 0.4) is 0 Å². The minimum atomic E-state index is -0.568. The van der Waals surface area contributed by atoms with E-state index in [-0.39, 0.29) is 17.8 Å². The molecule has 0 radical (unpaired) electrons. The van der Waals surface area contributed by atoms with E-state index in [0.717, 1.165) is 25.7 Å². The zero-order valence-electron chi connectivity index (χ0n) is 12.4. The maximum absolute atomic E-state index is 12.6. The van der Waals surface area contributed by atoms with E-state index < -0.39 is 5.60 Å². The molecule has 2 atom stereocenters. The van der Waals surface area contributed by atoms with E-state index in [9.17, 15) is 9.90 Å². The highest BCUT2D eigenvalue weighted by Gasteiger charge is 2.43. The van der Waals surface area contributed by atoms with E-state index in [1.54, 1.807) is 6.92 Å². The van der Waals surface area contributed by atoms with Crippen molar-refractivity contribution in [2.45, 2.75) is 44.6 Å². The maximum Gasteiger partial charge on any atom is 0.257 e. The van der Waals surface area contributed by atoms with E-state index >= 15 is 0 Å². The number of likely N-dealkylation sites (tertiary alicyclic amines) is 1. The standard InChI is InChI=1S/C15H22N4O2/c1-10-12(8-17-14(16)18-10)13(20)19-7-6-15(21)5-3-2-4-11(15)9-19/h8,11,21H,2-7,9H2,1H3,(H2,16,17,18)/t11-,15-/m0/s1. The number of piperidine rings is 1. The second kappa shape index (κ2) is 5.26. The van der Waals surface area contributed by atoms with E-state index in [1.807, 2.05) is 4.90 Å². The molecule has 114 valence electrons. The summed E-state index contributed by atoms with van der Waals surface area (Å²) < 4.78 is 0. The molecule has 1 aliphatic heterocycles. The molecule has 3 N–H and O–H groups in total. The summed E-state index contributed by atoms with van der Waals surface area (Å²) in [6.07, 6.45) is 6.26. The summed E-state index contributed by atoms with van der Waals surface area (Å²) in [6, 6.07) is 0. The third kappa shape index (κ3) is 2.60. The van der Waals surface area contributed by atoms with Crippen LogP contribution in [0.1, 0.15) is 48.2 Å². The Morgan fingerprint density at radius 1 is 1.48 bits per heavy atom. The van der Waals surface area contributed by atoms with Crippen molar-refractivity contribution in [1.29, 1.82) is 0 Å². The number of aryl methyl sites for hydroxylation is 1. The number of rotatable bonds is 1. The Labute approximate surface area is 124 Å². The van der Waals surface area contributed by atoms with Gasteiger partial charge in [-0.15, -0.1) is 0 Å². The molecule has 0 bridgehead atoms. The molecule has 21 heavy (non-hydrogen) atoms. The van der Waals surface area contributed by atoms with Gasteiger partial charge < -0.3 is 15.7 Å². The average molecular weight is 290 g/mol. The van der Waals surface area contributed by atoms with Gasteiger partial charge in [0.2, 0.25) is 5.95 Å². The molecule has 2 fully saturated rings. The van der Waals surface area contributed by atoms with Crippen molar-refractivity contribution in [2.24, 2.45) is 5.92 Å². The van der Waals surface area contributed by atoms with Crippen LogP contribution in [0.25, 0.3) is 0 Å². The highest BCUT2D eigenvalue weighted by Crippen LogP contribution is 2.40. The average Bonchev–Trinajstić information content (AvgIpc) is 2.45. The molecule has 0 spiro atoms. The first-order chi connectivity index (χ1) is 9.99. The lowest BCUT2D eigenvalue weighted by Crippen LogP contribution is -2.54. The first-order valence-corrected chi connectivity index (χ1v) is 7.60. The summed E-state index contributed by atoms with van der Waals surface area (Å²) in [5.41, 5.74) is 6.08. The molecule has 0 aromatic carbocycles. The Balaban J connectivity index is 1.77. The van der Waals surface area contributed by atoms with Crippen LogP contribution >= 0.6 is 0 Å². The monoisotopic (exact) mass is 290 g/mol. The number of aliphatic hydroxyl groups is 1. The number of carbonyl (C=O) groups is 1. The third-order valence-electron chi connectivity index (χ3n) is 4.94. The molecule has 1 aromatic rings. The molecular weight excluding hydrogens is 268 g/mol. The van der Waals surface area contributed by atoms with Crippen LogP contribution in [0.15, 0.2) is 6.20 Å². The molecule has 0 unspecified atom stereocenters. The number of amides is 1. The Morgan fingerprint density at radius 3 is 3.05 bits per heavy atom. The summed E-state index contributed by atoms with van der Waals surface area (Å²) in [6.45, 7) is 2.99. The van der Waals surface area contributed by atoms with E-state index in [1.165, 1.54) is 6.20 Å². The Bertz CT molecular complexity index is 563. The van der Waals surface area contributed by atoms with Crippen LogP contribution < -0.4 is 5.73 Å². The summed E-state index contributed by atoms with van der Waals surface area (Å²) in [5.74, 6) is 0.323. The largest absolute Gasteiger partial charge is 0.389 e. The zero-order chi connectivity index (χ0) is 15.0. The van der Waals surface area contributed by atoms with E-state index in [2.05, 4.69) is 9.97 Å². The number of carbonyl (C=O) groups excluding carboxylic acids is 1. The SMILES string of the molecule is Cc1nc(N)ncc1C(=O)N1CC[C@@]2(O)CCCC[C@H]2C1. The quantitative estimate of drug-likeness (QED) is 0.809. The Kier molecular flexibility index (Phi) is 3.57. The third-order valence-corrected chi connectivity index (χ3v) is 4.94. The number of hydrogen-bond donors (Lipinski definition) is 2. The first-order valence-electron chi connectivity index (χ1n) is 7.60. The minimum absolute atomic E-state index is 0.0554. The van der Waals surface area contributed by atoms with E-state index in [0.29, 0.717) is 30.8 Å². The molecule has 2 aliphatic rings. The van der Waals surface area contributed by atoms with Gasteiger partial charge in [0.1, 0.15) is 0 Å². The normalized spacial score (nSPS) is 29.0. The molecule has 3 rings (SSSR count). The second-order valence-corrected chi connectivity index (χ2v) is 6.27. The fraction of sp³-hybridized carbons (Fsp3) is 0.667. The first kappa shape index (κ1) is 14.3. The predicted molar refractivity (Wildman–Crippen MR) is 78.6 cm³/mol. The van der Waals surface area contributed by atoms with Gasteiger partial charge in [0.15, 0.2) is 0 Å². The van der Waals surface area contributed by atoms with Crippen LogP contribution in [0.4, 0.5) is 5.95 Å². The number of nitrogens with zero attached hydrogens (tertiary/aromatic N) is 3. The molecule has 6 nitrogen and oxygen atoms in total. The second-order valence-electron chi connectivity index (χ2n) is 6.27. The molecule has 1 aliphatic carbocycles. The number of nitrogens with two attached hydrogens (primary N) is 1. The lowest BCUT2D eigenvalue weighted by Gasteiger charge is -2.47. The number of anilines is 1. The minimum Gasteiger partial charge on any atom is -0.389 e. The lowest BCUT2D eigenvalue weighted by molar-refractivity contribution is -0.0886. The highest BCUT2D eigenvalue weighted by atomic mass is 16.3. The van der Waals surface area contributed by atoms with Crippen molar-refractivity contribution < 1.29 is 9.90 Å². The van der Waals surface area contributed by atoms with Gasteiger partial charge in [0.05, 0.1) is 16.9 Å². The molecule has 1 saturated carbocycles. The van der Waals surface area contributed by atoms with Crippen molar-refractivity contribution >= 4 is 11.9 Å². The fourth-order valence-corrected chi connectivity index (χ4v) is 3.62. The van der Waals surface area contributed by atoms with Crippen LogP contribution in [0.2, 0.25) is 0 Å².